The summed E-state index contributed by atoms with van der Waals surface area (Å²) < 4.78 is 0. The third-order valence-electron chi connectivity index (χ3n) is 2.83. The van der Waals surface area contributed by atoms with Crippen LogP contribution in [0.5, 0.6) is 0 Å². The van der Waals surface area contributed by atoms with Crippen LogP contribution in [0.15, 0.2) is 12.2 Å². The van der Waals surface area contributed by atoms with Crippen molar-refractivity contribution >= 4 is 5.78 Å². The van der Waals surface area contributed by atoms with E-state index in [4.69, 9.17) is 0 Å². The molecule has 1 fully saturated rings. The number of Topliss-reactive ketones (excluding diaryl/α,β-unsaturated/α-hetero) is 1. The smallest absolute Gasteiger partial charge is 0.138 e. The molecule has 0 amide bonds. The third-order valence-corrected chi connectivity index (χ3v) is 2.83. The highest BCUT2D eigenvalue weighted by Crippen LogP contribution is 2.23. The molecule has 0 unspecified atom stereocenters. The number of carbonyl (C=O) groups excluding carboxylic acids is 1. The number of nitrogens with one attached hydrogen (secondary N) is 1. The van der Waals surface area contributed by atoms with Crippen LogP contribution in [0, 0.1) is 11.8 Å². The predicted molar refractivity (Wildman–Crippen MR) is 47.8 cm³/mol. The van der Waals surface area contributed by atoms with E-state index in [2.05, 4.69) is 17.5 Å². The number of hydrogen-bond acceptors (Lipinski definition) is 2. The molecule has 0 aromatic heterocycles. The maximum Gasteiger partial charge on any atom is 0.138 e. The minimum Gasteiger partial charge on any atom is -0.315 e. The zero-order chi connectivity index (χ0) is 8.39. The minimum absolute atomic E-state index is 0.339. The molecule has 0 spiro atoms. The van der Waals surface area contributed by atoms with E-state index in [1.807, 2.05) is 0 Å². The summed E-state index contributed by atoms with van der Waals surface area (Å²) in [6.45, 7) is 1.83. The monoisotopic (exact) mass is 165 g/mol. The molecule has 0 atom stereocenters. The van der Waals surface area contributed by atoms with Gasteiger partial charge in [-0.2, -0.15) is 0 Å². The summed E-state index contributed by atoms with van der Waals surface area (Å²) in [6, 6.07) is 0. The molecule has 1 N–H and O–H groups in total. The van der Waals surface area contributed by atoms with Crippen LogP contribution in [-0.2, 0) is 4.79 Å². The highest BCUT2D eigenvalue weighted by molar-refractivity contribution is 5.82. The molecule has 0 aromatic carbocycles. The average molecular weight is 165 g/mol. The lowest BCUT2D eigenvalue weighted by molar-refractivity contribution is -0.125. The Labute approximate surface area is 73.0 Å². The van der Waals surface area contributed by atoms with Gasteiger partial charge in [-0.25, -0.2) is 0 Å². The van der Waals surface area contributed by atoms with Crippen molar-refractivity contribution in [2.45, 2.75) is 19.3 Å². The largest absolute Gasteiger partial charge is 0.315 e. The van der Waals surface area contributed by atoms with Crippen LogP contribution >= 0.6 is 0 Å². The number of rotatable bonds is 3. The van der Waals surface area contributed by atoms with Gasteiger partial charge in [0.05, 0.1) is 0 Å². The minimum atomic E-state index is 0.339. The van der Waals surface area contributed by atoms with E-state index < -0.39 is 0 Å². The van der Waals surface area contributed by atoms with E-state index in [0.29, 0.717) is 17.6 Å². The Morgan fingerprint density at radius 3 is 2.50 bits per heavy atom. The van der Waals surface area contributed by atoms with E-state index in [1.54, 1.807) is 0 Å². The molecule has 2 rings (SSSR count). The van der Waals surface area contributed by atoms with Gasteiger partial charge in [-0.05, 0) is 18.8 Å². The van der Waals surface area contributed by atoms with Crippen molar-refractivity contribution in [2.24, 2.45) is 11.8 Å². The highest BCUT2D eigenvalue weighted by Gasteiger charge is 2.26. The Bertz CT molecular complexity index is 198. The van der Waals surface area contributed by atoms with Gasteiger partial charge in [0.25, 0.3) is 0 Å². The number of hydrogen-bond donors (Lipinski definition) is 1. The summed E-state index contributed by atoms with van der Waals surface area (Å²) in [6.07, 6.45) is 7.42. The molecule has 2 nitrogen and oxygen atoms in total. The molecule has 0 radical (unpaired) electrons. The highest BCUT2D eigenvalue weighted by atomic mass is 16.1. The van der Waals surface area contributed by atoms with Crippen LogP contribution in [0.4, 0.5) is 0 Å². The second-order valence-corrected chi connectivity index (χ2v) is 3.83. The Morgan fingerprint density at radius 1 is 1.33 bits per heavy atom. The van der Waals surface area contributed by atoms with Gasteiger partial charge in [-0.1, -0.05) is 12.2 Å². The predicted octanol–water partition coefficient (Wildman–Crippen LogP) is 1.13. The topological polar surface area (TPSA) is 29.1 Å². The van der Waals surface area contributed by atoms with Gasteiger partial charge in [-0.15, -0.1) is 0 Å². The maximum atomic E-state index is 11.5. The first kappa shape index (κ1) is 7.99. The quantitative estimate of drug-likeness (QED) is 0.635. The van der Waals surface area contributed by atoms with Crippen molar-refractivity contribution in [3.05, 3.63) is 12.2 Å². The summed E-state index contributed by atoms with van der Waals surface area (Å²) >= 11 is 0. The summed E-state index contributed by atoms with van der Waals surface area (Å²) in [7, 11) is 0. The lowest BCUT2D eigenvalue weighted by atomic mass is 9.90. The molecule has 12 heavy (non-hydrogen) atoms. The fourth-order valence-electron chi connectivity index (χ4n) is 1.81. The fourth-order valence-corrected chi connectivity index (χ4v) is 1.81. The number of ketones is 1. The first-order valence-electron chi connectivity index (χ1n) is 4.74. The standard InChI is InChI=1S/C10H15NO/c12-10(9-6-11-7-9)5-8-3-1-2-4-8/h1-2,8-9,11H,3-7H2. The van der Waals surface area contributed by atoms with Crippen molar-refractivity contribution in [2.75, 3.05) is 13.1 Å². The SMILES string of the molecule is O=C(CC1CC=CC1)C1CNC1. The lowest BCUT2D eigenvalue weighted by Gasteiger charge is -2.26. The summed E-state index contributed by atoms with van der Waals surface area (Å²) in [5, 5.41) is 3.13. The van der Waals surface area contributed by atoms with E-state index in [-0.39, 0.29) is 0 Å². The van der Waals surface area contributed by atoms with E-state index in [1.165, 1.54) is 0 Å². The Hall–Kier alpha value is -0.630. The summed E-state index contributed by atoms with van der Waals surface area (Å²) in [5.74, 6) is 1.44. The van der Waals surface area contributed by atoms with Crippen LogP contribution in [0.3, 0.4) is 0 Å². The molecule has 66 valence electrons. The van der Waals surface area contributed by atoms with Gasteiger partial charge >= 0.3 is 0 Å². The molecule has 0 bridgehead atoms. The summed E-state index contributed by atoms with van der Waals surface area (Å²) in [5.41, 5.74) is 0. The van der Waals surface area contributed by atoms with Crippen molar-refractivity contribution in [1.29, 1.82) is 0 Å². The van der Waals surface area contributed by atoms with Gasteiger partial charge in [-0.3, -0.25) is 4.79 Å². The summed E-state index contributed by atoms with van der Waals surface area (Å²) in [4.78, 5) is 11.5. The molecule has 0 saturated carbocycles. The first-order valence-corrected chi connectivity index (χ1v) is 4.74. The fraction of sp³-hybridized carbons (Fsp3) is 0.700. The average Bonchev–Trinajstić information content (AvgIpc) is 2.34. The van der Waals surface area contributed by atoms with Crippen LogP contribution in [0.1, 0.15) is 19.3 Å². The normalized spacial score (nSPS) is 24.3. The molecular weight excluding hydrogens is 150 g/mol. The van der Waals surface area contributed by atoms with Crippen LogP contribution in [-0.4, -0.2) is 18.9 Å². The molecular formula is C10H15NO. The first-order chi connectivity index (χ1) is 5.86. The Morgan fingerprint density at radius 2 is 2.00 bits per heavy atom. The number of allylic oxidation sites excluding steroid dienone is 2. The second kappa shape index (κ2) is 3.40. The van der Waals surface area contributed by atoms with Crippen molar-refractivity contribution in [1.82, 2.24) is 5.32 Å². The van der Waals surface area contributed by atoms with Gasteiger partial charge in [0.15, 0.2) is 0 Å². The molecule has 2 heteroatoms. The maximum absolute atomic E-state index is 11.5. The van der Waals surface area contributed by atoms with Gasteiger partial charge < -0.3 is 5.32 Å². The van der Waals surface area contributed by atoms with Gasteiger partial charge in [0.1, 0.15) is 5.78 Å². The van der Waals surface area contributed by atoms with Crippen LogP contribution in [0.25, 0.3) is 0 Å². The third kappa shape index (κ3) is 1.58. The van der Waals surface area contributed by atoms with E-state index in [9.17, 15) is 4.79 Å². The second-order valence-electron chi connectivity index (χ2n) is 3.83. The Kier molecular flexibility index (Phi) is 2.26. The number of carbonyl (C=O) groups is 1. The molecule has 1 heterocycles. The van der Waals surface area contributed by atoms with Crippen LogP contribution in [0.2, 0.25) is 0 Å². The van der Waals surface area contributed by atoms with Gasteiger partial charge in [0.2, 0.25) is 0 Å². The van der Waals surface area contributed by atoms with Crippen molar-refractivity contribution < 1.29 is 4.79 Å². The van der Waals surface area contributed by atoms with E-state index >= 15 is 0 Å². The molecule has 1 aliphatic carbocycles. The van der Waals surface area contributed by atoms with Crippen LogP contribution < -0.4 is 5.32 Å². The van der Waals surface area contributed by atoms with Crippen molar-refractivity contribution in [3.63, 3.8) is 0 Å². The van der Waals surface area contributed by atoms with E-state index in [0.717, 1.165) is 32.4 Å². The molecule has 2 aliphatic rings. The lowest BCUT2D eigenvalue weighted by Crippen LogP contribution is -2.46. The Balaban J connectivity index is 1.74. The molecule has 0 aromatic rings. The molecule has 1 aliphatic heterocycles. The zero-order valence-corrected chi connectivity index (χ0v) is 7.25. The zero-order valence-electron chi connectivity index (χ0n) is 7.25. The molecule has 1 saturated heterocycles. The van der Waals surface area contributed by atoms with Crippen molar-refractivity contribution in [3.8, 4) is 0 Å². The van der Waals surface area contributed by atoms with Gasteiger partial charge in [0, 0.05) is 25.4 Å².